The molecule has 4 saturated carbocycles. The zero-order chi connectivity index (χ0) is 20.6. The lowest BCUT2D eigenvalue weighted by Gasteiger charge is -2.60. The summed E-state index contributed by atoms with van der Waals surface area (Å²) in [5, 5.41) is 4.99. The van der Waals surface area contributed by atoms with Gasteiger partial charge < -0.3 is 4.74 Å². The molecule has 3 aromatic rings. The van der Waals surface area contributed by atoms with Crippen molar-refractivity contribution >= 4 is 27.1 Å². The summed E-state index contributed by atoms with van der Waals surface area (Å²) in [5.41, 5.74) is 2.01. The molecule has 5 fully saturated rings. The fourth-order valence-corrected chi connectivity index (χ4v) is 7.15. The van der Waals surface area contributed by atoms with Gasteiger partial charge in [0.2, 0.25) is 5.79 Å². The second-order valence-electron chi connectivity index (χ2n) is 10.3. The predicted molar refractivity (Wildman–Crippen MR) is 122 cm³/mol. The van der Waals surface area contributed by atoms with E-state index in [0.717, 1.165) is 23.0 Å². The number of benzene rings is 3. The van der Waals surface area contributed by atoms with Gasteiger partial charge in [0.1, 0.15) is 6.10 Å². The van der Waals surface area contributed by atoms with Crippen molar-refractivity contribution in [2.45, 2.75) is 44.0 Å². The van der Waals surface area contributed by atoms with Gasteiger partial charge in [0.05, 0.1) is 6.61 Å². The first kappa shape index (κ1) is 18.4. The summed E-state index contributed by atoms with van der Waals surface area (Å²) in [6.07, 6.45) is 6.09. The van der Waals surface area contributed by atoms with Crippen molar-refractivity contribution in [3.05, 3.63) is 66.7 Å². The zero-order valence-corrected chi connectivity index (χ0v) is 17.8. The molecule has 0 amide bonds. The van der Waals surface area contributed by atoms with Crippen LogP contribution in [0.5, 0.6) is 0 Å². The maximum absolute atomic E-state index is 6.55. The van der Waals surface area contributed by atoms with E-state index in [1.54, 1.807) is 0 Å². The summed E-state index contributed by atoms with van der Waals surface area (Å²) in [7, 11) is 0. The Morgan fingerprint density at radius 1 is 0.806 bits per heavy atom. The molecule has 1 saturated heterocycles. The molecule has 1 aliphatic heterocycles. The van der Waals surface area contributed by atoms with Gasteiger partial charge in [-0.2, -0.15) is 4.89 Å². The Bertz CT molecular complexity index is 1160. The molecule has 3 nitrogen and oxygen atoms in total. The molecule has 0 aromatic heterocycles. The van der Waals surface area contributed by atoms with Crippen LogP contribution in [0.3, 0.4) is 0 Å². The van der Waals surface area contributed by atoms with Crippen molar-refractivity contribution in [1.82, 2.24) is 0 Å². The average molecular weight is 413 g/mol. The monoisotopic (exact) mass is 412 g/mol. The molecule has 1 unspecified atom stereocenters. The van der Waals surface area contributed by atoms with Crippen molar-refractivity contribution in [1.29, 1.82) is 0 Å². The highest BCUT2D eigenvalue weighted by molar-refractivity contribution is 6.08. The lowest BCUT2D eigenvalue weighted by Crippen LogP contribution is -2.63. The molecule has 1 atom stereocenters. The Balaban J connectivity index is 1.15. The molecule has 4 bridgehead atoms. The first-order valence-electron chi connectivity index (χ1n) is 11.8. The lowest BCUT2D eigenvalue weighted by molar-refractivity contribution is -0.517. The van der Waals surface area contributed by atoms with Crippen LogP contribution >= 0.6 is 0 Å². The van der Waals surface area contributed by atoms with Crippen molar-refractivity contribution in [3.63, 3.8) is 0 Å². The summed E-state index contributed by atoms with van der Waals surface area (Å²) in [6.45, 7) is 4.90. The molecule has 4 aliphatic carbocycles. The van der Waals surface area contributed by atoms with Gasteiger partial charge in [0.15, 0.2) is 0 Å². The van der Waals surface area contributed by atoms with Gasteiger partial charge in [-0.25, -0.2) is 4.89 Å². The van der Waals surface area contributed by atoms with E-state index in [4.69, 9.17) is 14.5 Å². The third-order valence-corrected chi connectivity index (χ3v) is 8.54. The van der Waals surface area contributed by atoms with Gasteiger partial charge >= 0.3 is 0 Å². The number of ether oxygens (including phenoxy) is 1. The van der Waals surface area contributed by atoms with E-state index in [1.807, 2.05) is 0 Å². The first-order chi connectivity index (χ1) is 15.2. The van der Waals surface area contributed by atoms with Gasteiger partial charge in [-0.1, -0.05) is 55.1 Å². The van der Waals surface area contributed by atoms with Crippen LogP contribution in [0.25, 0.3) is 27.1 Å². The summed E-state index contributed by atoms with van der Waals surface area (Å²) in [4.78, 5) is 12.2. The average Bonchev–Trinajstić information content (AvgIpc) is 2.81. The van der Waals surface area contributed by atoms with Crippen LogP contribution in [0.1, 0.15) is 37.7 Å². The second kappa shape index (κ2) is 6.65. The molecule has 0 N–H and O–H groups in total. The molecule has 3 aromatic carbocycles. The van der Waals surface area contributed by atoms with Gasteiger partial charge in [-0.15, -0.1) is 0 Å². The molecule has 5 aliphatic rings. The molecule has 31 heavy (non-hydrogen) atoms. The molecular weight excluding hydrogens is 384 g/mol. The third kappa shape index (κ3) is 2.70. The van der Waals surface area contributed by atoms with Crippen LogP contribution < -0.4 is 0 Å². The second-order valence-corrected chi connectivity index (χ2v) is 10.3. The number of rotatable bonds is 2. The maximum Gasteiger partial charge on any atom is 0.207 e. The molecule has 0 radical (unpaired) electrons. The Labute approximate surface area is 182 Å². The summed E-state index contributed by atoms with van der Waals surface area (Å²) in [5.74, 6) is 2.22. The maximum atomic E-state index is 6.55. The Morgan fingerprint density at radius 3 is 2.19 bits per heavy atom. The topological polar surface area (TPSA) is 27.7 Å². The lowest BCUT2D eigenvalue weighted by atomic mass is 9.53. The highest BCUT2D eigenvalue weighted by atomic mass is 17.2. The minimum absolute atomic E-state index is 0.268. The smallest absolute Gasteiger partial charge is 0.207 e. The minimum atomic E-state index is -0.510. The number of fused-ring (bicyclic) bond motifs is 3. The van der Waals surface area contributed by atoms with Crippen LogP contribution in [-0.2, 0) is 14.5 Å². The Hall–Kier alpha value is -2.20. The SMILES string of the molecule is C=C(c1ccc2ccc3ccccc3c2c1)C1COC2(OO1)C1CC3CC(C1)CC2C3. The van der Waals surface area contributed by atoms with Crippen LogP contribution in [0, 0.1) is 23.7 Å². The van der Waals surface area contributed by atoms with Crippen molar-refractivity contribution < 1.29 is 14.5 Å². The quantitative estimate of drug-likeness (QED) is 0.355. The molecule has 158 valence electrons. The number of hydrogen-bond donors (Lipinski definition) is 0. The number of hydrogen-bond acceptors (Lipinski definition) is 3. The Morgan fingerprint density at radius 2 is 1.48 bits per heavy atom. The summed E-state index contributed by atoms with van der Waals surface area (Å²) >= 11 is 0. The van der Waals surface area contributed by atoms with Crippen LogP contribution in [0.2, 0.25) is 0 Å². The van der Waals surface area contributed by atoms with Gasteiger partial charge in [-0.3, -0.25) is 0 Å². The van der Waals surface area contributed by atoms with Crippen molar-refractivity contribution in [2.75, 3.05) is 6.61 Å². The van der Waals surface area contributed by atoms with Gasteiger partial charge in [-0.05, 0) is 82.7 Å². The Kier molecular flexibility index (Phi) is 3.94. The van der Waals surface area contributed by atoms with Gasteiger partial charge in [0.25, 0.3) is 0 Å². The van der Waals surface area contributed by atoms with Crippen LogP contribution in [-0.4, -0.2) is 18.5 Å². The largest absolute Gasteiger partial charge is 0.344 e. The molecule has 1 heterocycles. The molecule has 8 rings (SSSR count). The van der Waals surface area contributed by atoms with Crippen LogP contribution in [0.4, 0.5) is 0 Å². The van der Waals surface area contributed by atoms with Crippen molar-refractivity contribution in [2.24, 2.45) is 23.7 Å². The predicted octanol–water partition coefficient (Wildman–Crippen LogP) is 6.51. The first-order valence-corrected chi connectivity index (χ1v) is 11.8. The fraction of sp³-hybridized carbons (Fsp3) is 0.429. The molecule has 3 heteroatoms. The minimum Gasteiger partial charge on any atom is -0.344 e. The van der Waals surface area contributed by atoms with E-state index in [-0.39, 0.29) is 6.10 Å². The zero-order valence-electron chi connectivity index (χ0n) is 17.8. The summed E-state index contributed by atoms with van der Waals surface area (Å²) < 4.78 is 6.55. The van der Waals surface area contributed by atoms with E-state index in [1.165, 1.54) is 53.6 Å². The standard InChI is InChI=1S/C28H28O3/c1-17(22-9-8-21-7-6-20-4-2-3-5-25(20)26(21)15-22)27-16-29-28(31-30-27)23-11-18-10-19(13-23)14-24(28)12-18/h2-9,15,18-19,23-24,27H,1,10-14,16H2. The van der Waals surface area contributed by atoms with E-state index < -0.39 is 5.79 Å². The normalized spacial score (nSPS) is 36.5. The summed E-state index contributed by atoms with van der Waals surface area (Å²) in [6, 6.07) is 19.4. The fourth-order valence-electron chi connectivity index (χ4n) is 7.15. The van der Waals surface area contributed by atoms with Crippen LogP contribution in [0.15, 0.2) is 61.2 Å². The van der Waals surface area contributed by atoms with Gasteiger partial charge in [0, 0.05) is 11.8 Å². The van der Waals surface area contributed by atoms with Crippen molar-refractivity contribution in [3.8, 4) is 0 Å². The highest BCUT2D eigenvalue weighted by Gasteiger charge is 2.61. The van der Waals surface area contributed by atoms with E-state index >= 15 is 0 Å². The van der Waals surface area contributed by atoms with E-state index in [2.05, 4.69) is 61.2 Å². The molecule has 1 spiro atoms. The molecular formula is C28H28O3. The third-order valence-electron chi connectivity index (χ3n) is 8.54. The van der Waals surface area contributed by atoms with E-state index in [0.29, 0.717) is 18.4 Å². The van der Waals surface area contributed by atoms with E-state index in [9.17, 15) is 0 Å². The highest BCUT2D eigenvalue weighted by Crippen LogP contribution is 2.60.